The third kappa shape index (κ3) is 8.65. The van der Waals surface area contributed by atoms with Crippen molar-refractivity contribution in [1.29, 1.82) is 0 Å². The second-order valence-corrected chi connectivity index (χ2v) is 12.6. The minimum Gasteiger partial charge on any atom is -0.354 e. The molecule has 3 aromatic carbocycles. The van der Waals surface area contributed by atoms with E-state index in [4.69, 9.17) is 11.6 Å². The van der Waals surface area contributed by atoms with Crippen molar-refractivity contribution in [1.82, 2.24) is 14.5 Å². The summed E-state index contributed by atoms with van der Waals surface area (Å²) in [6.45, 7) is 6.14. The number of hydrogen-bond acceptors (Lipinski definition) is 4. The Labute approximate surface area is 236 Å². The molecule has 0 aliphatic rings. The molecule has 0 bridgehead atoms. The van der Waals surface area contributed by atoms with E-state index < -0.39 is 28.5 Å². The van der Waals surface area contributed by atoms with Crippen LogP contribution in [0.5, 0.6) is 0 Å². The molecule has 0 saturated carbocycles. The number of nitrogens with zero attached hydrogens (tertiary/aromatic N) is 2. The minimum atomic E-state index is -3.96. The molecule has 3 aromatic rings. The van der Waals surface area contributed by atoms with E-state index in [0.29, 0.717) is 11.6 Å². The van der Waals surface area contributed by atoms with Crippen molar-refractivity contribution in [3.05, 3.63) is 101 Å². The topological polar surface area (TPSA) is 86.8 Å². The number of carbonyl (C=O) groups is 2. The number of benzene rings is 3. The Morgan fingerprint density at radius 1 is 0.923 bits per heavy atom. The molecule has 0 fully saturated rings. The molecule has 0 heterocycles. The highest BCUT2D eigenvalue weighted by atomic mass is 35.5. The molecular formula is C30H36ClN3O4S. The molecule has 208 valence electrons. The smallest absolute Gasteiger partial charge is 0.243 e. The lowest BCUT2D eigenvalue weighted by Gasteiger charge is -2.33. The number of sulfonamides is 1. The molecule has 1 atom stereocenters. The van der Waals surface area contributed by atoms with Crippen molar-refractivity contribution in [3.8, 4) is 0 Å². The van der Waals surface area contributed by atoms with Crippen molar-refractivity contribution in [2.75, 3.05) is 20.1 Å². The van der Waals surface area contributed by atoms with Gasteiger partial charge in [0.2, 0.25) is 21.8 Å². The second-order valence-electron chi connectivity index (χ2n) is 10.1. The zero-order valence-electron chi connectivity index (χ0n) is 22.8. The fourth-order valence-corrected chi connectivity index (χ4v) is 5.38. The van der Waals surface area contributed by atoms with Gasteiger partial charge < -0.3 is 10.2 Å². The van der Waals surface area contributed by atoms with Crippen molar-refractivity contribution in [3.63, 3.8) is 0 Å². The Morgan fingerprint density at radius 2 is 1.56 bits per heavy atom. The summed E-state index contributed by atoms with van der Waals surface area (Å²) in [5.41, 5.74) is 2.76. The summed E-state index contributed by atoms with van der Waals surface area (Å²) in [4.78, 5) is 28.9. The summed E-state index contributed by atoms with van der Waals surface area (Å²) in [7, 11) is -2.60. The van der Waals surface area contributed by atoms with E-state index in [1.807, 2.05) is 75.4 Å². The van der Waals surface area contributed by atoms with Gasteiger partial charge in [-0.25, -0.2) is 8.42 Å². The maximum atomic E-state index is 13.9. The average molecular weight is 570 g/mol. The number of nitrogens with one attached hydrogen (secondary N) is 1. The van der Waals surface area contributed by atoms with Gasteiger partial charge in [0, 0.05) is 31.6 Å². The van der Waals surface area contributed by atoms with Crippen LogP contribution in [-0.2, 0) is 32.6 Å². The van der Waals surface area contributed by atoms with Crippen LogP contribution >= 0.6 is 11.6 Å². The molecule has 0 aliphatic heterocycles. The van der Waals surface area contributed by atoms with E-state index in [-0.39, 0.29) is 29.7 Å². The number of carbonyl (C=O) groups excluding carboxylic acids is 2. The fourth-order valence-electron chi connectivity index (χ4n) is 4.14. The molecule has 0 unspecified atom stereocenters. The molecule has 0 aliphatic carbocycles. The van der Waals surface area contributed by atoms with Crippen LogP contribution in [0.25, 0.3) is 0 Å². The van der Waals surface area contributed by atoms with Crippen LogP contribution in [-0.4, -0.2) is 55.6 Å². The van der Waals surface area contributed by atoms with Crippen LogP contribution in [0, 0.1) is 12.8 Å². The fraction of sp³-hybridized carbons (Fsp3) is 0.333. The molecule has 0 spiro atoms. The highest BCUT2D eigenvalue weighted by Gasteiger charge is 2.33. The third-order valence-corrected chi connectivity index (χ3v) is 8.34. The van der Waals surface area contributed by atoms with Gasteiger partial charge in [-0.05, 0) is 48.2 Å². The standard InChI is InChI=1S/C30H36ClN3O4S/c1-22(2)19-32-30(36)28(18-24-10-6-5-7-11-24)34(20-25-12-8-9-23(3)17-25)29(35)21-33(4)39(37,38)27-15-13-26(31)14-16-27/h5-17,22,28H,18-21H2,1-4H3,(H,32,36)/t28-/m0/s1. The van der Waals surface area contributed by atoms with Gasteiger partial charge in [0.05, 0.1) is 11.4 Å². The van der Waals surface area contributed by atoms with Crippen LogP contribution in [0.2, 0.25) is 5.02 Å². The summed E-state index contributed by atoms with van der Waals surface area (Å²) in [6, 6.07) is 22.1. The first-order valence-corrected chi connectivity index (χ1v) is 14.7. The van der Waals surface area contributed by atoms with Gasteiger partial charge in [-0.2, -0.15) is 4.31 Å². The zero-order valence-corrected chi connectivity index (χ0v) is 24.4. The monoisotopic (exact) mass is 569 g/mol. The average Bonchev–Trinajstić information content (AvgIpc) is 2.90. The quantitative estimate of drug-likeness (QED) is 0.343. The lowest BCUT2D eigenvalue weighted by atomic mass is 10.0. The Bertz CT molecular complexity index is 1360. The number of rotatable bonds is 12. The number of halogens is 1. The lowest BCUT2D eigenvalue weighted by Crippen LogP contribution is -2.53. The SMILES string of the molecule is Cc1cccc(CN(C(=O)CN(C)S(=O)(=O)c2ccc(Cl)cc2)[C@@H](Cc2ccccc2)C(=O)NCC(C)C)c1. The summed E-state index contributed by atoms with van der Waals surface area (Å²) in [5, 5.41) is 3.38. The van der Waals surface area contributed by atoms with Gasteiger partial charge >= 0.3 is 0 Å². The van der Waals surface area contributed by atoms with Gasteiger partial charge in [-0.15, -0.1) is 0 Å². The van der Waals surface area contributed by atoms with Gasteiger partial charge in [-0.1, -0.05) is 85.6 Å². The summed E-state index contributed by atoms with van der Waals surface area (Å²) >= 11 is 5.92. The van der Waals surface area contributed by atoms with Crippen LogP contribution < -0.4 is 5.32 Å². The van der Waals surface area contributed by atoms with E-state index in [1.54, 1.807) is 0 Å². The van der Waals surface area contributed by atoms with Crippen molar-refractivity contribution in [2.45, 2.75) is 44.7 Å². The zero-order chi connectivity index (χ0) is 28.6. The predicted octanol–water partition coefficient (Wildman–Crippen LogP) is 4.68. The van der Waals surface area contributed by atoms with Gasteiger partial charge in [-0.3, -0.25) is 9.59 Å². The van der Waals surface area contributed by atoms with Crippen molar-refractivity contribution >= 4 is 33.4 Å². The number of likely N-dealkylation sites (N-methyl/N-ethyl adjacent to an activating group) is 1. The molecule has 7 nitrogen and oxygen atoms in total. The van der Waals surface area contributed by atoms with Crippen LogP contribution in [0.4, 0.5) is 0 Å². The molecule has 0 radical (unpaired) electrons. The second kappa shape index (κ2) is 13.7. The molecule has 3 rings (SSSR count). The summed E-state index contributed by atoms with van der Waals surface area (Å²) in [6.07, 6.45) is 0.288. The maximum absolute atomic E-state index is 13.9. The predicted molar refractivity (Wildman–Crippen MR) is 155 cm³/mol. The van der Waals surface area contributed by atoms with Crippen LogP contribution in [0.3, 0.4) is 0 Å². The molecular weight excluding hydrogens is 534 g/mol. The van der Waals surface area contributed by atoms with E-state index in [0.717, 1.165) is 21.0 Å². The molecule has 39 heavy (non-hydrogen) atoms. The van der Waals surface area contributed by atoms with E-state index in [1.165, 1.54) is 36.2 Å². The Balaban J connectivity index is 1.96. The summed E-state index contributed by atoms with van der Waals surface area (Å²) < 4.78 is 27.4. The molecule has 0 aromatic heterocycles. The van der Waals surface area contributed by atoms with Crippen molar-refractivity contribution in [2.24, 2.45) is 5.92 Å². The first-order chi connectivity index (χ1) is 18.5. The van der Waals surface area contributed by atoms with E-state index >= 15 is 0 Å². The van der Waals surface area contributed by atoms with Gasteiger partial charge in [0.1, 0.15) is 6.04 Å². The van der Waals surface area contributed by atoms with Gasteiger partial charge in [0.25, 0.3) is 0 Å². The third-order valence-electron chi connectivity index (χ3n) is 6.27. The molecule has 1 N–H and O–H groups in total. The van der Waals surface area contributed by atoms with Gasteiger partial charge in [0.15, 0.2) is 0 Å². The normalized spacial score (nSPS) is 12.4. The highest BCUT2D eigenvalue weighted by molar-refractivity contribution is 7.89. The Kier molecular flexibility index (Phi) is 10.7. The highest BCUT2D eigenvalue weighted by Crippen LogP contribution is 2.20. The number of aryl methyl sites for hydroxylation is 1. The van der Waals surface area contributed by atoms with Crippen molar-refractivity contribution < 1.29 is 18.0 Å². The minimum absolute atomic E-state index is 0.0305. The first-order valence-electron chi connectivity index (χ1n) is 12.9. The van der Waals surface area contributed by atoms with E-state index in [2.05, 4.69) is 5.32 Å². The Morgan fingerprint density at radius 3 is 2.18 bits per heavy atom. The largest absolute Gasteiger partial charge is 0.354 e. The van der Waals surface area contributed by atoms with E-state index in [9.17, 15) is 18.0 Å². The Hall–Kier alpha value is -3.20. The number of amides is 2. The lowest BCUT2D eigenvalue weighted by molar-refractivity contribution is -0.141. The summed E-state index contributed by atoms with van der Waals surface area (Å²) in [5.74, 6) is -0.531. The first kappa shape index (κ1) is 30.3. The van der Waals surface area contributed by atoms with Crippen LogP contribution in [0.15, 0.2) is 83.8 Å². The number of hydrogen-bond donors (Lipinski definition) is 1. The molecule has 0 saturated heterocycles. The van der Waals surface area contributed by atoms with Crippen LogP contribution in [0.1, 0.15) is 30.5 Å². The molecule has 9 heteroatoms. The molecule has 2 amide bonds. The maximum Gasteiger partial charge on any atom is 0.243 e.